The van der Waals surface area contributed by atoms with Crippen molar-refractivity contribution >= 4 is 15.9 Å². The van der Waals surface area contributed by atoms with Crippen molar-refractivity contribution in [2.75, 3.05) is 7.05 Å². The number of hydrogen-bond acceptors (Lipinski definition) is 2. The molecular formula is C12H14BrN3. The van der Waals surface area contributed by atoms with E-state index in [1.165, 1.54) is 5.56 Å². The van der Waals surface area contributed by atoms with Crippen molar-refractivity contribution in [3.8, 4) is 5.69 Å². The molecule has 1 aromatic heterocycles. The standard InChI is InChI=1S/C12H14BrN3/c1-9-7-10(13)3-4-12(9)16-6-5-11(15-16)8-14-2/h3-7,14H,8H2,1-2H3. The summed E-state index contributed by atoms with van der Waals surface area (Å²) in [7, 11) is 1.92. The van der Waals surface area contributed by atoms with Gasteiger partial charge in [-0.1, -0.05) is 15.9 Å². The van der Waals surface area contributed by atoms with E-state index in [-0.39, 0.29) is 0 Å². The summed E-state index contributed by atoms with van der Waals surface area (Å²) in [5.74, 6) is 0. The van der Waals surface area contributed by atoms with Crippen LogP contribution in [0.4, 0.5) is 0 Å². The Morgan fingerprint density at radius 3 is 2.88 bits per heavy atom. The second-order valence-electron chi connectivity index (χ2n) is 3.71. The Morgan fingerprint density at radius 2 is 2.19 bits per heavy atom. The Hall–Kier alpha value is -1.13. The summed E-state index contributed by atoms with van der Waals surface area (Å²) in [6.45, 7) is 2.88. The highest BCUT2D eigenvalue weighted by atomic mass is 79.9. The Morgan fingerprint density at radius 1 is 1.38 bits per heavy atom. The van der Waals surface area contributed by atoms with Gasteiger partial charge in [-0.05, 0) is 43.8 Å². The molecule has 16 heavy (non-hydrogen) atoms. The molecule has 0 unspecified atom stereocenters. The number of halogens is 1. The van der Waals surface area contributed by atoms with Crippen molar-refractivity contribution in [3.63, 3.8) is 0 Å². The van der Waals surface area contributed by atoms with Gasteiger partial charge in [-0.3, -0.25) is 0 Å². The van der Waals surface area contributed by atoms with Gasteiger partial charge >= 0.3 is 0 Å². The maximum atomic E-state index is 4.50. The normalized spacial score (nSPS) is 10.7. The van der Waals surface area contributed by atoms with E-state index >= 15 is 0 Å². The van der Waals surface area contributed by atoms with Gasteiger partial charge in [-0.25, -0.2) is 4.68 Å². The third-order valence-corrected chi connectivity index (χ3v) is 2.90. The van der Waals surface area contributed by atoms with Crippen LogP contribution in [0.1, 0.15) is 11.3 Å². The predicted octanol–water partition coefficient (Wildman–Crippen LogP) is 2.66. The first-order chi connectivity index (χ1) is 7.70. The number of aromatic nitrogens is 2. The fourth-order valence-corrected chi connectivity index (χ4v) is 2.12. The van der Waals surface area contributed by atoms with E-state index in [0.717, 1.165) is 22.4 Å². The van der Waals surface area contributed by atoms with E-state index in [1.54, 1.807) is 0 Å². The molecule has 4 heteroatoms. The average Bonchev–Trinajstić information content (AvgIpc) is 2.67. The van der Waals surface area contributed by atoms with E-state index in [4.69, 9.17) is 0 Å². The first kappa shape index (κ1) is 11.4. The maximum absolute atomic E-state index is 4.50. The molecule has 0 radical (unpaired) electrons. The molecule has 0 spiro atoms. The summed E-state index contributed by atoms with van der Waals surface area (Å²) >= 11 is 3.46. The first-order valence-corrected chi connectivity index (χ1v) is 5.95. The van der Waals surface area contributed by atoms with Crippen LogP contribution < -0.4 is 5.32 Å². The Balaban J connectivity index is 2.35. The minimum atomic E-state index is 0.794. The molecule has 3 nitrogen and oxygen atoms in total. The van der Waals surface area contributed by atoms with Crippen molar-refractivity contribution < 1.29 is 0 Å². The third kappa shape index (κ3) is 2.33. The first-order valence-electron chi connectivity index (χ1n) is 5.16. The molecular weight excluding hydrogens is 266 g/mol. The smallest absolute Gasteiger partial charge is 0.0766 e. The summed E-state index contributed by atoms with van der Waals surface area (Å²) < 4.78 is 3.01. The highest BCUT2D eigenvalue weighted by Gasteiger charge is 2.03. The van der Waals surface area contributed by atoms with Gasteiger partial charge in [0, 0.05) is 17.2 Å². The van der Waals surface area contributed by atoms with Crippen LogP contribution in [0.25, 0.3) is 5.69 Å². The molecule has 0 saturated heterocycles. The largest absolute Gasteiger partial charge is 0.314 e. The van der Waals surface area contributed by atoms with Crippen LogP contribution in [0.2, 0.25) is 0 Å². The van der Waals surface area contributed by atoms with Crippen LogP contribution in [-0.4, -0.2) is 16.8 Å². The van der Waals surface area contributed by atoms with Crippen LogP contribution in [0, 0.1) is 6.92 Å². The van der Waals surface area contributed by atoms with Crippen LogP contribution in [0.15, 0.2) is 34.9 Å². The summed E-state index contributed by atoms with van der Waals surface area (Å²) in [4.78, 5) is 0. The maximum Gasteiger partial charge on any atom is 0.0766 e. The fraction of sp³-hybridized carbons (Fsp3) is 0.250. The summed E-state index contributed by atoms with van der Waals surface area (Å²) in [6.07, 6.45) is 1.99. The number of rotatable bonds is 3. The van der Waals surface area contributed by atoms with Crippen LogP contribution in [-0.2, 0) is 6.54 Å². The van der Waals surface area contributed by atoms with Gasteiger partial charge in [0.05, 0.1) is 11.4 Å². The topological polar surface area (TPSA) is 29.9 Å². The van der Waals surface area contributed by atoms with Gasteiger partial charge in [0.25, 0.3) is 0 Å². The van der Waals surface area contributed by atoms with Gasteiger partial charge < -0.3 is 5.32 Å². The monoisotopic (exact) mass is 279 g/mol. The lowest BCUT2D eigenvalue weighted by Crippen LogP contribution is -2.06. The van der Waals surface area contributed by atoms with Gasteiger partial charge in [-0.2, -0.15) is 5.10 Å². The molecule has 0 saturated carbocycles. The van der Waals surface area contributed by atoms with Crippen LogP contribution in [0.5, 0.6) is 0 Å². The Labute approximate surface area is 104 Å². The molecule has 0 aliphatic carbocycles. The van der Waals surface area contributed by atoms with Crippen molar-refractivity contribution in [3.05, 3.63) is 46.2 Å². The van der Waals surface area contributed by atoms with E-state index in [0.29, 0.717) is 0 Å². The lowest BCUT2D eigenvalue weighted by Gasteiger charge is -2.06. The van der Waals surface area contributed by atoms with E-state index in [2.05, 4.69) is 45.4 Å². The minimum absolute atomic E-state index is 0.794. The molecule has 84 valence electrons. The lowest BCUT2D eigenvalue weighted by atomic mass is 10.2. The second-order valence-corrected chi connectivity index (χ2v) is 4.63. The molecule has 0 bridgehead atoms. The predicted molar refractivity (Wildman–Crippen MR) is 68.8 cm³/mol. The highest BCUT2D eigenvalue weighted by molar-refractivity contribution is 9.10. The Bertz CT molecular complexity index is 491. The number of aryl methyl sites for hydroxylation is 1. The van der Waals surface area contributed by atoms with Crippen molar-refractivity contribution in [1.82, 2.24) is 15.1 Å². The highest BCUT2D eigenvalue weighted by Crippen LogP contribution is 2.18. The zero-order valence-corrected chi connectivity index (χ0v) is 11.0. The molecule has 1 aromatic carbocycles. The molecule has 1 N–H and O–H groups in total. The van der Waals surface area contributed by atoms with Crippen LogP contribution in [0.3, 0.4) is 0 Å². The molecule has 1 heterocycles. The van der Waals surface area contributed by atoms with E-state index in [1.807, 2.05) is 30.1 Å². The number of nitrogens with one attached hydrogen (secondary N) is 1. The minimum Gasteiger partial charge on any atom is -0.314 e. The summed E-state index contributed by atoms with van der Waals surface area (Å²) in [5.41, 5.74) is 3.36. The zero-order chi connectivity index (χ0) is 11.5. The molecule has 0 aliphatic rings. The second kappa shape index (κ2) is 4.80. The fourth-order valence-electron chi connectivity index (χ4n) is 1.65. The van der Waals surface area contributed by atoms with E-state index in [9.17, 15) is 0 Å². The van der Waals surface area contributed by atoms with Crippen molar-refractivity contribution in [2.24, 2.45) is 0 Å². The summed E-state index contributed by atoms with van der Waals surface area (Å²) in [5, 5.41) is 7.59. The van der Waals surface area contributed by atoms with Gasteiger partial charge in [0.2, 0.25) is 0 Å². The molecule has 0 atom stereocenters. The summed E-state index contributed by atoms with van der Waals surface area (Å²) in [6, 6.07) is 8.21. The molecule has 2 rings (SSSR count). The molecule has 0 fully saturated rings. The Kier molecular flexibility index (Phi) is 3.41. The van der Waals surface area contributed by atoms with Crippen molar-refractivity contribution in [1.29, 1.82) is 0 Å². The quantitative estimate of drug-likeness (QED) is 0.936. The van der Waals surface area contributed by atoms with Gasteiger partial charge in [0.15, 0.2) is 0 Å². The molecule has 2 aromatic rings. The van der Waals surface area contributed by atoms with E-state index < -0.39 is 0 Å². The lowest BCUT2D eigenvalue weighted by molar-refractivity contribution is 0.755. The van der Waals surface area contributed by atoms with Gasteiger partial charge in [0.1, 0.15) is 0 Å². The SMILES string of the molecule is CNCc1ccn(-c2ccc(Br)cc2C)n1. The average molecular weight is 280 g/mol. The van der Waals surface area contributed by atoms with Gasteiger partial charge in [-0.15, -0.1) is 0 Å². The number of hydrogen-bond donors (Lipinski definition) is 1. The molecule has 0 aliphatic heterocycles. The zero-order valence-electron chi connectivity index (χ0n) is 9.37. The third-order valence-electron chi connectivity index (χ3n) is 2.41. The number of nitrogens with zero attached hydrogens (tertiary/aromatic N) is 2. The molecule has 0 amide bonds. The number of benzene rings is 1. The van der Waals surface area contributed by atoms with Crippen LogP contribution >= 0.6 is 15.9 Å². The van der Waals surface area contributed by atoms with Crippen molar-refractivity contribution in [2.45, 2.75) is 13.5 Å².